The second kappa shape index (κ2) is 5.31. The van der Waals surface area contributed by atoms with Crippen LogP contribution in [0.25, 0.3) is 5.69 Å². The Hall–Kier alpha value is -1.83. The molecule has 0 saturated carbocycles. The molecule has 3 N–H and O–H groups in total. The van der Waals surface area contributed by atoms with Crippen LogP contribution in [0.5, 0.6) is 0 Å². The fraction of sp³-hybridized carbons (Fsp3) is 0.100. The molecule has 6 heteroatoms. The number of benzene rings is 1. The van der Waals surface area contributed by atoms with Gasteiger partial charge in [0.25, 0.3) is 0 Å². The number of para-hydroxylation sites is 1. The number of nitrogens with one attached hydrogen (secondary N) is 3. The molecular weight excluding hydrogens is 223 g/mol. The first-order chi connectivity index (χ1) is 7.90. The van der Waals surface area contributed by atoms with Crippen LogP contribution in [-0.4, -0.2) is 20.2 Å². The van der Waals surface area contributed by atoms with E-state index < -0.39 is 0 Å². The summed E-state index contributed by atoms with van der Waals surface area (Å²) in [4.78, 5) is 1.73. The predicted molar refractivity (Wildman–Crippen MR) is 61.6 cm³/mol. The van der Waals surface area contributed by atoms with Gasteiger partial charge in [-0.05, 0) is 0 Å². The second-order valence-corrected chi connectivity index (χ2v) is 3.63. The molecule has 0 saturated heterocycles. The summed E-state index contributed by atoms with van der Waals surface area (Å²) in [7, 11) is -0.0794. The third kappa shape index (κ3) is 2.60. The molecule has 0 radical (unpaired) electrons. The monoisotopic (exact) mass is 234 g/mol. The van der Waals surface area contributed by atoms with Crippen molar-refractivity contribution in [2.24, 2.45) is 0 Å². The molecule has 16 heavy (non-hydrogen) atoms. The molecule has 1 aromatic heterocycles. The van der Waals surface area contributed by atoms with Gasteiger partial charge in [0.1, 0.15) is 0 Å². The van der Waals surface area contributed by atoms with Crippen LogP contribution in [0, 0.1) is 5.63 Å². The van der Waals surface area contributed by atoms with Crippen LogP contribution < -0.4 is 0 Å². The zero-order valence-corrected chi connectivity index (χ0v) is 9.37. The van der Waals surface area contributed by atoms with Gasteiger partial charge in [0, 0.05) is 0 Å². The fourth-order valence-electron chi connectivity index (χ4n) is 1.27. The summed E-state index contributed by atoms with van der Waals surface area (Å²) < 4.78 is 10.2. The number of aromatic amines is 3. The van der Waals surface area contributed by atoms with Crippen LogP contribution in [0.4, 0.5) is 0 Å². The molecule has 0 atom stereocenters. The Kier molecular flexibility index (Phi) is 3.54. The van der Waals surface area contributed by atoms with Crippen LogP contribution in [0.2, 0.25) is 0 Å². The number of aromatic nitrogens is 4. The molecule has 0 aliphatic heterocycles. The number of rotatable bonds is 2. The summed E-state index contributed by atoms with van der Waals surface area (Å²) in [6.45, 7) is 0. The third-order valence-electron chi connectivity index (χ3n) is 2.04. The van der Waals surface area contributed by atoms with Crippen LogP contribution >= 0.6 is 7.92 Å². The first-order valence-corrected chi connectivity index (χ1v) is 5.58. The van der Waals surface area contributed by atoms with Crippen molar-refractivity contribution in [1.82, 2.24) is 20.2 Å². The summed E-state index contributed by atoms with van der Waals surface area (Å²) in [5, 5.41) is 8.97. The number of H-pyrrole nitrogens is 3. The van der Waals surface area contributed by atoms with E-state index >= 15 is 0 Å². The molecule has 0 aliphatic carbocycles. The summed E-state index contributed by atoms with van der Waals surface area (Å²) in [6, 6.07) is 9.80. The SMILES string of the molecule is O=P#CCc1c[nH]n(-c2ccccc2)[nH][nH]1. The van der Waals surface area contributed by atoms with Crippen molar-refractivity contribution in [3.63, 3.8) is 0 Å². The van der Waals surface area contributed by atoms with Gasteiger partial charge in [-0.3, -0.25) is 0 Å². The van der Waals surface area contributed by atoms with Crippen LogP contribution in [-0.2, 0) is 11.0 Å². The van der Waals surface area contributed by atoms with Gasteiger partial charge in [-0.1, -0.05) is 0 Å². The summed E-state index contributed by atoms with van der Waals surface area (Å²) in [5.74, 6) is 0. The third-order valence-corrected chi connectivity index (χ3v) is 2.33. The van der Waals surface area contributed by atoms with Crippen molar-refractivity contribution in [3.05, 3.63) is 42.2 Å². The van der Waals surface area contributed by atoms with Crippen molar-refractivity contribution >= 4 is 7.92 Å². The zero-order chi connectivity index (χ0) is 11.2. The molecule has 1 heterocycles. The van der Waals surface area contributed by atoms with E-state index in [1.807, 2.05) is 30.3 Å². The van der Waals surface area contributed by atoms with Gasteiger partial charge >= 0.3 is 92.6 Å². The van der Waals surface area contributed by atoms with Gasteiger partial charge in [0.05, 0.1) is 0 Å². The quantitative estimate of drug-likeness (QED) is 0.686. The maximum absolute atomic E-state index is 10.2. The topological polar surface area (TPSA) is 69.4 Å². The van der Waals surface area contributed by atoms with Crippen molar-refractivity contribution in [2.45, 2.75) is 6.42 Å². The van der Waals surface area contributed by atoms with Crippen LogP contribution in [0.3, 0.4) is 0 Å². The first kappa shape index (κ1) is 10.7. The molecule has 0 bridgehead atoms. The van der Waals surface area contributed by atoms with Gasteiger partial charge in [-0.15, -0.1) is 0 Å². The molecule has 0 aliphatic rings. The number of hydrogen-bond donors (Lipinski definition) is 3. The van der Waals surface area contributed by atoms with Gasteiger partial charge in [0.2, 0.25) is 0 Å². The van der Waals surface area contributed by atoms with E-state index in [1.54, 1.807) is 11.0 Å². The Bertz CT molecular complexity index is 565. The van der Waals surface area contributed by atoms with Crippen LogP contribution in [0.15, 0.2) is 36.5 Å². The van der Waals surface area contributed by atoms with E-state index in [1.165, 1.54) is 0 Å². The van der Waals surface area contributed by atoms with Crippen LogP contribution in [0.1, 0.15) is 5.69 Å². The van der Waals surface area contributed by atoms with Crippen molar-refractivity contribution in [2.75, 3.05) is 0 Å². The van der Waals surface area contributed by atoms with E-state index in [-0.39, 0.29) is 7.92 Å². The Balaban J connectivity index is 2.25. The Morgan fingerprint density at radius 2 is 2.12 bits per heavy atom. The summed E-state index contributed by atoms with van der Waals surface area (Å²) in [6.07, 6.45) is 2.29. The number of hydrogen-bond acceptors (Lipinski definition) is 1. The zero-order valence-electron chi connectivity index (χ0n) is 8.47. The number of nitrogens with zero attached hydrogens (tertiary/aromatic N) is 1. The Morgan fingerprint density at radius 1 is 1.31 bits per heavy atom. The van der Waals surface area contributed by atoms with Gasteiger partial charge in [-0.25, -0.2) is 0 Å². The maximum atomic E-state index is 10.2. The van der Waals surface area contributed by atoms with E-state index in [4.69, 9.17) is 0 Å². The second-order valence-electron chi connectivity index (χ2n) is 3.13. The van der Waals surface area contributed by atoms with E-state index in [9.17, 15) is 4.57 Å². The molecule has 2 rings (SSSR count). The van der Waals surface area contributed by atoms with Gasteiger partial charge < -0.3 is 0 Å². The average Bonchev–Trinajstić information content (AvgIpc) is 2.38. The fourth-order valence-corrected chi connectivity index (χ4v) is 1.50. The molecular formula is C10H11N4OP. The summed E-state index contributed by atoms with van der Waals surface area (Å²) >= 11 is 0. The van der Waals surface area contributed by atoms with E-state index in [0.717, 1.165) is 11.4 Å². The molecule has 0 spiro atoms. The van der Waals surface area contributed by atoms with Crippen molar-refractivity contribution < 1.29 is 4.57 Å². The summed E-state index contributed by atoms with van der Waals surface area (Å²) in [5.41, 5.74) is 4.52. The standard InChI is InChI=1S/C10H11N4OP/c15-16-7-6-9-8-11-14(13-12-9)10-4-2-1-3-5-10/h1-5,8,11-13H,6H2. The van der Waals surface area contributed by atoms with Gasteiger partial charge in [0.15, 0.2) is 0 Å². The minimum absolute atomic E-state index is 0.0794. The minimum atomic E-state index is -0.0794. The molecule has 0 fully saturated rings. The van der Waals surface area contributed by atoms with Crippen molar-refractivity contribution in [1.29, 1.82) is 0 Å². The molecule has 0 unspecified atom stereocenters. The molecule has 2 aromatic rings. The first-order valence-electron chi connectivity index (χ1n) is 4.77. The Labute approximate surface area is 93.3 Å². The average molecular weight is 234 g/mol. The Morgan fingerprint density at radius 3 is 2.75 bits per heavy atom. The molecule has 5 nitrogen and oxygen atoms in total. The molecule has 0 amide bonds. The van der Waals surface area contributed by atoms with Crippen molar-refractivity contribution in [3.8, 4) is 11.3 Å². The predicted octanol–water partition coefficient (Wildman–Crippen LogP) is 2.38. The van der Waals surface area contributed by atoms with E-state index in [0.29, 0.717) is 6.42 Å². The molecule has 1 aromatic carbocycles. The van der Waals surface area contributed by atoms with E-state index in [2.05, 4.69) is 21.0 Å². The molecule has 82 valence electrons. The van der Waals surface area contributed by atoms with Gasteiger partial charge in [-0.2, -0.15) is 0 Å². The normalized spacial score (nSPS) is 9.50.